The lowest BCUT2D eigenvalue weighted by Gasteiger charge is -2.11. The molecule has 0 spiro atoms. The van der Waals surface area contributed by atoms with Gasteiger partial charge in [-0.3, -0.25) is 19.8 Å². The van der Waals surface area contributed by atoms with Crippen LogP contribution >= 0.6 is 24.0 Å². The summed E-state index contributed by atoms with van der Waals surface area (Å²) in [6.45, 7) is 2.47. The number of nitro groups is 1. The van der Waals surface area contributed by atoms with Crippen molar-refractivity contribution in [1.82, 2.24) is 4.90 Å². The van der Waals surface area contributed by atoms with Crippen LogP contribution in [0.5, 0.6) is 5.75 Å². The third kappa shape index (κ3) is 3.22. The standard InChI is InChI=1S/C13H12N2O4S2/c1-2-5-14-12(17)11(21-13(14)20)7-8-6-9(15(18)19)3-4-10(8)16/h3-4,6-7,16H,2,5H2,1H3/b11-7+. The Balaban J connectivity index is 2.36. The van der Waals surface area contributed by atoms with E-state index >= 15 is 0 Å². The third-order valence-corrected chi connectivity index (χ3v) is 4.21. The Labute approximate surface area is 130 Å². The van der Waals surface area contributed by atoms with Crippen molar-refractivity contribution >= 4 is 46.0 Å². The van der Waals surface area contributed by atoms with Gasteiger partial charge in [-0.2, -0.15) is 0 Å². The summed E-state index contributed by atoms with van der Waals surface area (Å²) < 4.78 is 0.457. The number of hydrogen-bond acceptors (Lipinski definition) is 6. The second-order valence-electron chi connectivity index (χ2n) is 4.33. The summed E-state index contributed by atoms with van der Waals surface area (Å²) in [6, 6.07) is 3.66. The number of nitrogens with zero attached hydrogens (tertiary/aromatic N) is 2. The normalized spacial score (nSPS) is 16.8. The van der Waals surface area contributed by atoms with Crippen molar-refractivity contribution in [3.63, 3.8) is 0 Å². The molecule has 0 atom stereocenters. The van der Waals surface area contributed by atoms with E-state index in [1.165, 1.54) is 29.2 Å². The van der Waals surface area contributed by atoms with Crippen molar-refractivity contribution in [2.75, 3.05) is 6.54 Å². The maximum Gasteiger partial charge on any atom is 0.270 e. The molecule has 0 radical (unpaired) electrons. The topological polar surface area (TPSA) is 83.7 Å². The predicted molar refractivity (Wildman–Crippen MR) is 84.9 cm³/mol. The number of nitro benzene ring substituents is 1. The molecule has 1 aliphatic heterocycles. The summed E-state index contributed by atoms with van der Waals surface area (Å²) in [6.07, 6.45) is 2.21. The molecule has 1 aromatic rings. The Morgan fingerprint density at radius 1 is 1.52 bits per heavy atom. The summed E-state index contributed by atoms with van der Waals surface area (Å²) in [7, 11) is 0. The maximum atomic E-state index is 12.2. The highest BCUT2D eigenvalue weighted by Gasteiger charge is 2.31. The van der Waals surface area contributed by atoms with E-state index in [0.29, 0.717) is 15.8 Å². The van der Waals surface area contributed by atoms with E-state index in [-0.39, 0.29) is 22.9 Å². The molecule has 0 saturated carbocycles. The van der Waals surface area contributed by atoms with Gasteiger partial charge in [0.25, 0.3) is 11.6 Å². The fourth-order valence-electron chi connectivity index (χ4n) is 1.83. The molecule has 0 aromatic heterocycles. The van der Waals surface area contributed by atoms with Gasteiger partial charge in [0.15, 0.2) is 0 Å². The van der Waals surface area contributed by atoms with Gasteiger partial charge in [0.05, 0.1) is 9.83 Å². The van der Waals surface area contributed by atoms with E-state index in [9.17, 15) is 20.0 Å². The summed E-state index contributed by atoms with van der Waals surface area (Å²) in [5.41, 5.74) is 0.0734. The van der Waals surface area contributed by atoms with Crippen molar-refractivity contribution in [3.05, 3.63) is 38.8 Å². The molecule has 1 heterocycles. The Morgan fingerprint density at radius 2 is 2.24 bits per heavy atom. The van der Waals surface area contributed by atoms with Crippen molar-refractivity contribution in [2.24, 2.45) is 0 Å². The largest absolute Gasteiger partial charge is 0.507 e. The van der Waals surface area contributed by atoms with Crippen molar-refractivity contribution in [3.8, 4) is 5.75 Å². The SMILES string of the molecule is CCCN1C(=O)/C(=C\c2cc([N+](=O)[O-])ccc2O)SC1=S. The number of phenols is 1. The van der Waals surface area contributed by atoms with Gasteiger partial charge in [-0.15, -0.1) is 0 Å². The molecule has 1 N–H and O–H groups in total. The highest BCUT2D eigenvalue weighted by molar-refractivity contribution is 8.26. The molecular formula is C13H12N2O4S2. The smallest absolute Gasteiger partial charge is 0.270 e. The Kier molecular flexibility index (Phi) is 4.59. The monoisotopic (exact) mass is 324 g/mol. The molecule has 1 aromatic carbocycles. The lowest BCUT2D eigenvalue weighted by molar-refractivity contribution is -0.384. The first-order valence-corrected chi connectivity index (χ1v) is 7.39. The minimum absolute atomic E-state index is 0.124. The van der Waals surface area contributed by atoms with E-state index < -0.39 is 4.92 Å². The highest BCUT2D eigenvalue weighted by atomic mass is 32.2. The van der Waals surface area contributed by atoms with Crippen molar-refractivity contribution < 1.29 is 14.8 Å². The second-order valence-corrected chi connectivity index (χ2v) is 6.01. The van der Waals surface area contributed by atoms with Gasteiger partial charge in [0.2, 0.25) is 0 Å². The summed E-state index contributed by atoms with van der Waals surface area (Å²) in [5.74, 6) is -0.362. The average Bonchev–Trinajstić information content (AvgIpc) is 2.69. The number of thioether (sulfide) groups is 1. The van der Waals surface area contributed by atoms with Crippen LogP contribution < -0.4 is 0 Å². The van der Waals surface area contributed by atoms with Crippen LogP contribution in [-0.2, 0) is 4.79 Å². The highest BCUT2D eigenvalue weighted by Crippen LogP contribution is 2.34. The quantitative estimate of drug-likeness (QED) is 0.397. The molecule has 8 heteroatoms. The summed E-state index contributed by atoms with van der Waals surface area (Å²) in [5, 5.41) is 20.5. The van der Waals surface area contributed by atoms with Crippen LogP contribution in [0.25, 0.3) is 6.08 Å². The Hall–Kier alpha value is -1.93. The molecule has 1 aliphatic rings. The van der Waals surface area contributed by atoms with Gasteiger partial charge >= 0.3 is 0 Å². The minimum Gasteiger partial charge on any atom is -0.507 e. The predicted octanol–water partition coefficient (Wildman–Crippen LogP) is 2.91. The minimum atomic E-state index is -0.556. The molecule has 0 bridgehead atoms. The van der Waals surface area contributed by atoms with E-state index in [1.54, 1.807) is 0 Å². The fourth-order valence-corrected chi connectivity index (χ4v) is 3.13. The van der Waals surface area contributed by atoms with Crippen LogP contribution in [0, 0.1) is 10.1 Å². The fraction of sp³-hybridized carbons (Fsp3) is 0.231. The lowest BCUT2D eigenvalue weighted by Crippen LogP contribution is -2.28. The molecule has 1 fully saturated rings. The number of rotatable bonds is 4. The summed E-state index contributed by atoms with van der Waals surface area (Å²) >= 11 is 6.26. The van der Waals surface area contributed by atoms with Gasteiger partial charge in [0, 0.05) is 24.2 Å². The molecule has 0 unspecified atom stereocenters. The van der Waals surface area contributed by atoms with Gasteiger partial charge in [-0.1, -0.05) is 30.9 Å². The number of hydrogen-bond donors (Lipinski definition) is 1. The number of non-ortho nitro benzene ring substituents is 1. The lowest BCUT2D eigenvalue weighted by atomic mass is 10.1. The zero-order valence-corrected chi connectivity index (χ0v) is 12.7. The van der Waals surface area contributed by atoms with Crippen LogP contribution in [-0.4, -0.2) is 31.7 Å². The zero-order valence-electron chi connectivity index (χ0n) is 11.1. The Morgan fingerprint density at radius 3 is 2.86 bits per heavy atom. The Bertz CT molecular complexity index is 658. The van der Waals surface area contributed by atoms with E-state index in [0.717, 1.165) is 18.2 Å². The zero-order chi connectivity index (χ0) is 15.6. The third-order valence-electron chi connectivity index (χ3n) is 2.83. The first-order valence-electron chi connectivity index (χ1n) is 6.16. The van der Waals surface area contributed by atoms with Crippen molar-refractivity contribution in [1.29, 1.82) is 0 Å². The van der Waals surface area contributed by atoms with Gasteiger partial charge in [-0.25, -0.2) is 0 Å². The number of phenolic OH excluding ortho intramolecular Hbond substituents is 1. The summed E-state index contributed by atoms with van der Waals surface area (Å²) in [4.78, 5) is 24.2. The molecule has 0 aliphatic carbocycles. The number of thiocarbonyl (C=S) groups is 1. The van der Waals surface area contributed by atoms with E-state index in [4.69, 9.17) is 12.2 Å². The molecule has 21 heavy (non-hydrogen) atoms. The van der Waals surface area contributed by atoms with Crippen LogP contribution in [0.4, 0.5) is 5.69 Å². The van der Waals surface area contributed by atoms with Crippen LogP contribution in [0.1, 0.15) is 18.9 Å². The number of amides is 1. The number of carbonyl (C=O) groups excluding carboxylic acids is 1. The van der Waals surface area contributed by atoms with Gasteiger partial charge < -0.3 is 5.11 Å². The number of benzene rings is 1. The molecule has 1 amide bonds. The maximum absolute atomic E-state index is 12.2. The van der Waals surface area contributed by atoms with Crippen molar-refractivity contribution in [2.45, 2.75) is 13.3 Å². The first-order chi connectivity index (χ1) is 9.93. The molecular weight excluding hydrogens is 312 g/mol. The number of carbonyl (C=O) groups is 1. The van der Waals surface area contributed by atoms with E-state index in [2.05, 4.69) is 0 Å². The molecule has 110 valence electrons. The van der Waals surface area contributed by atoms with Crippen LogP contribution in [0.2, 0.25) is 0 Å². The molecule has 6 nitrogen and oxygen atoms in total. The average molecular weight is 324 g/mol. The van der Waals surface area contributed by atoms with Gasteiger partial charge in [0.1, 0.15) is 10.1 Å². The van der Waals surface area contributed by atoms with Gasteiger partial charge in [-0.05, 0) is 18.6 Å². The molecule has 2 rings (SSSR count). The second kappa shape index (κ2) is 6.23. The first kappa shape index (κ1) is 15.5. The number of aromatic hydroxyl groups is 1. The molecule has 1 saturated heterocycles. The van der Waals surface area contributed by atoms with Crippen LogP contribution in [0.3, 0.4) is 0 Å². The van der Waals surface area contributed by atoms with E-state index in [1.807, 2.05) is 6.92 Å². The van der Waals surface area contributed by atoms with Crippen LogP contribution in [0.15, 0.2) is 23.1 Å².